The minimum Gasteiger partial charge on any atom is -0.392 e. The lowest BCUT2D eigenvalue weighted by Gasteiger charge is -2.13. The highest BCUT2D eigenvalue weighted by molar-refractivity contribution is 7.91. The minimum atomic E-state index is -3.19. The lowest BCUT2D eigenvalue weighted by Crippen LogP contribution is -2.16. The van der Waals surface area contributed by atoms with Crippen molar-refractivity contribution in [2.24, 2.45) is 5.92 Å². The molecule has 94 valence electrons. The van der Waals surface area contributed by atoms with E-state index in [9.17, 15) is 13.5 Å². The number of aliphatic hydroxyl groups excluding tert-OH is 1. The lowest BCUT2D eigenvalue weighted by molar-refractivity contribution is 0.151. The van der Waals surface area contributed by atoms with Crippen LogP contribution in [0, 0.1) is 5.92 Å². The van der Waals surface area contributed by atoms with Crippen molar-refractivity contribution in [2.75, 3.05) is 5.75 Å². The smallest absolute Gasteiger partial charge is 0.178 e. The molecule has 2 rings (SSSR count). The van der Waals surface area contributed by atoms with E-state index in [1.54, 1.807) is 25.1 Å². The van der Waals surface area contributed by atoms with Gasteiger partial charge in [0.25, 0.3) is 0 Å². The van der Waals surface area contributed by atoms with Crippen molar-refractivity contribution in [2.45, 2.75) is 37.2 Å². The summed E-state index contributed by atoms with van der Waals surface area (Å²) in [5.41, 5.74) is 0.744. The Balaban J connectivity index is 2.27. The van der Waals surface area contributed by atoms with E-state index in [-0.39, 0.29) is 5.75 Å². The SMILES string of the molecule is CCS(=O)(=O)c1ccccc1CC(O)C1CC1. The molecule has 0 amide bonds. The molecule has 1 aromatic carbocycles. The van der Waals surface area contributed by atoms with Crippen LogP contribution in [0.3, 0.4) is 0 Å². The van der Waals surface area contributed by atoms with Crippen molar-refractivity contribution < 1.29 is 13.5 Å². The Morgan fingerprint density at radius 1 is 1.35 bits per heavy atom. The zero-order chi connectivity index (χ0) is 12.5. The second-order valence-corrected chi connectivity index (χ2v) is 6.87. The molecule has 1 aliphatic carbocycles. The zero-order valence-electron chi connectivity index (χ0n) is 9.96. The van der Waals surface area contributed by atoms with E-state index in [0.717, 1.165) is 18.4 Å². The van der Waals surface area contributed by atoms with E-state index in [1.165, 1.54) is 0 Å². The molecular weight excluding hydrogens is 236 g/mol. The molecule has 0 radical (unpaired) electrons. The third kappa shape index (κ3) is 2.87. The number of hydrogen-bond acceptors (Lipinski definition) is 3. The minimum absolute atomic E-state index is 0.101. The van der Waals surface area contributed by atoms with Crippen molar-refractivity contribution in [1.82, 2.24) is 0 Å². The van der Waals surface area contributed by atoms with Crippen molar-refractivity contribution >= 4 is 9.84 Å². The van der Waals surface area contributed by atoms with Crippen LogP contribution in [-0.4, -0.2) is 25.4 Å². The molecule has 1 aliphatic rings. The molecule has 3 nitrogen and oxygen atoms in total. The Morgan fingerprint density at radius 3 is 2.59 bits per heavy atom. The number of benzene rings is 1. The van der Waals surface area contributed by atoms with Gasteiger partial charge < -0.3 is 5.11 Å². The van der Waals surface area contributed by atoms with Crippen LogP contribution >= 0.6 is 0 Å². The van der Waals surface area contributed by atoms with Crippen LogP contribution < -0.4 is 0 Å². The van der Waals surface area contributed by atoms with E-state index in [2.05, 4.69) is 0 Å². The van der Waals surface area contributed by atoms with Crippen LogP contribution in [0.5, 0.6) is 0 Å². The van der Waals surface area contributed by atoms with E-state index >= 15 is 0 Å². The summed E-state index contributed by atoms with van der Waals surface area (Å²) < 4.78 is 23.8. The first-order valence-corrected chi connectivity index (χ1v) is 7.68. The maximum absolute atomic E-state index is 11.9. The molecule has 1 unspecified atom stereocenters. The monoisotopic (exact) mass is 254 g/mol. The summed E-state index contributed by atoms with van der Waals surface area (Å²) in [4.78, 5) is 0.377. The number of rotatable bonds is 5. The normalized spacial score (nSPS) is 18.0. The fourth-order valence-electron chi connectivity index (χ4n) is 2.00. The molecule has 1 fully saturated rings. The van der Waals surface area contributed by atoms with Gasteiger partial charge in [-0.25, -0.2) is 8.42 Å². The van der Waals surface area contributed by atoms with Crippen LogP contribution in [0.4, 0.5) is 0 Å². The van der Waals surface area contributed by atoms with Gasteiger partial charge in [-0.3, -0.25) is 0 Å². The number of aliphatic hydroxyl groups is 1. The maximum atomic E-state index is 11.9. The molecule has 0 heterocycles. The summed E-state index contributed by atoms with van der Waals surface area (Å²) in [5, 5.41) is 9.91. The molecule has 1 N–H and O–H groups in total. The van der Waals surface area contributed by atoms with Gasteiger partial charge in [-0.05, 0) is 36.8 Å². The first kappa shape index (κ1) is 12.6. The molecule has 0 spiro atoms. The van der Waals surface area contributed by atoms with Gasteiger partial charge in [-0.2, -0.15) is 0 Å². The first-order valence-electron chi connectivity index (χ1n) is 6.03. The van der Waals surface area contributed by atoms with Gasteiger partial charge in [-0.15, -0.1) is 0 Å². The van der Waals surface area contributed by atoms with E-state index in [1.807, 2.05) is 6.07 Å². The molecule has 0 aliphatic heterocycles. The number of hydrogen-bond donors (Lipinski definition) is 1. The highest BCUT2D eigenvalue weighted by Gasteiger charge is 2.30. The molecule has 1 atom stereocenters. The first-order chi connectivity index (χ1) is 8.04. The van der Waals surface area contributed by atoms with E-state index in [0.29, 0.717) is 17.2 Å². The molecule has 0 bridgehead atoms. The Hall–Kier alpha value is -0.870. The predicted molar refractivity (Wildman–Crippen MR) is 66.6 cm³/mol. The topological polar surface area (TPSA) is 54.4 Å². The van der Waals surface area contributed by atoms with Gasteiger partial charge in [0.05, 0.1) is 16.8 Å². The molecule has 17 heavy (non-hydrogen) atoms. The Kier molecular flexibility index (Phi) is 3.54. The number of sulfone groups is 1. The van der Waals surface area contributed by atoms with E-state index in [4.69, 9.17) is 0 Å². The zero-order valence-corrected chi connectivity index (χ0v) is 10.8. The van der Waals surface area contributed by atoms with Gasteiger partial charge in [0.1, 0.15) is 0 Å². The predicted octanol–water partition coefficient (Wildman–Crippen LogP) is 1.79. The Labute approximate surface area is 102 Å². The summed E-state index contributed by atoms with van der Waals surface area (Å²) in [6.07, 6.45) is 2.16. The largest absolute Gasteiger partial charge is 0.392 e. The fourth-order valence-corrected chi connectivity index (χ4v) is 3.15. The second-order valence-electron chi connectivity index (χ2n) is 4.62. The van der Waals surface area contributed by atoms with Crippen LogP contribution in [0.15, 0.2) is 29.2 Å². The third-order valence-electron chi connectivity index (χ3n) is 3.28. The molecule has 4 heteroatoms. The average Bonchev–Trinajstić information content (AvgIpc) is 3.13. The van der Waals surface area contributed by atoms with Gasteiger partial charge in [0, 0.05) is 0 Å². The highest BCUT2D eigenvalue weighted by atomic mass is 32.2. The van der Waals surface area contributed by atoms with Gasteiger partial charge in [0.2, 0.25) is 0 Å². The molecule has 0 saturated heterocycles. The molecular formula is C13H18O3S. The quantitative estimate of drug-likeness (QED) is 0.871. The summed E-state index contributed by atoms with van der Waals surface area (Å²) in [5.74, 6) is 0.469. The molecule has 0 aromatic heterocycles. The lowest BCUT2D eigenvalue weighted by atomic mass is 10.1. The maximum Gasteiger partial charge on any atom is 0.178 e. The molecule has 1 aromatic rings. The highest BCUT2D eigenvalue weighted by Crippen LogP contribution is 2.34. The Morgan fingerprint density at radius 2 is 2.00 bits per heavy atom. The van der Waals surface area contributed by atoms with Gasteiger partial charge in [0.15, 0.2) is 9.84 Å². The van der Waals surface area contributed by atoms with Crippen molar-refractivity contribution in [3.05, 3.63) is 29.8 Å². The summed E-state index contributed by atoms with van der Waals surface area (Å²) in [6.45, 7) is 1.64. The second kappa shape index (κ2) is 4.78. The third-order valence-corrected chi connectivity index (χ3v) is 5.11. The summed E-state index contributed by atoms with van der Waals surface area (Å²) >= 11 is 0. The van der Waals surface area contributed by atoms with E-state index < -0.39 is 15.9 Å². The summed E-state index contributed by atoms with van der Waals surface area (Å²) in [6, 6.07) is 6.99. The van der Waals surface area contributed by atoms with Gasteiger partial charge in [-0.1, -0.05) is 25.1 Å². The van der Waals surface area contributed by atoms with Crippen LogP contribution in [-0.2, 0) is 16.3 Å². The van der Waals surface area contributed by atoms with Crippen molar-refractivity contribution in [1.29, 1.82) is 0 Å². The molecule has 1 saturated carbocycles. The van der Waals surface area contributed by atoms with Crippen molar-refractivity contribution in [3.8, 4) is 0 Å². The average molecular weight is 254 g/mol. The standard InChI is InChI=1S/C13H18O3S/c1-2-17(15,16)13-6-4-3-5-11(13)9-12(14)10-7-8-10/h3-6,10,12,14H,2,7-9H2,1H3. The van der Waals surface area contributed by atoms with Gasteiger partial charge >= 0.3 is 0 Å². The van der Waals surface area contributed by atoms with Crippen LogP contribution in [0.1, 0.15) is 25.3 Å². The van der Waals surface area contributed by atoms with Crippen LogP contribution in [0.2, 0.25) is 0 Å². The fraction of sp³-hybridized carbons (Fsp3) is 0.538. The Bertz CT molecular complexity index is 489. The van der Waals surface area contributed by atoms with Crippen molar-refractivity contribution in [3.63, 3.8) is 0 Å². The summed E-state index contributed by atoms with van der Waals surface area (Å²) in [7, 11) is -3.19. The van der Waals surface area contributed by atoms with Crippen LogP contribution in [0.25, 0.3) is 0 Å².